The second kappa shape index (κ2) is 9.94. The number of nitrogens with zero attached hydrogens (tertiary/aromatic N) is 2. The number of carboxylic acid groups (broad SMARTS) is 2. The van der Waals surface area contributed by atoms with Gasteiger partial charge >= 0.3 is 17.8 Å². The van der Waals surface area contributed by atoms with Crippen LogP contribution in [0.25, 0.3) is 0 Å². The first-order valence-corrected chi connectivity index (χ1v) is 9.35. The molecule has 1 saturated heterocycles. The van der Waals surface area contributed by atoms with Crippen LogP contribution in [0.5, 0.6) is 0 Å². The molecule has 162 valence electrons. The van der Waals surface area contributed by atoms with E-state index in [1.54, 1.807) is 24.3 Å². The predicted octanol–water partition coefficient (Wildman–Crippen LogP) is -1.73. The molecule has 0 aliphatic carbocycles. The van der Waals surface area contributed by atoms with Crippen molar-refractivity contribution in [2.75, 3.05) is 45.8 Å². The minimum Gasteiger partial charge on any atom is -0.477 e. The van der Waals surface area contributed by atoms with E-state index in [9.17, 15) is 24.0 Å². The number of hydrogen-bond acceptors (Lipinski definition) is 6. The molecule has 30 heavy (non-hydrogen) atoms. The van der Waals surface area contributed by atoms with Gasteiger partial charge in [-0.1, -0.05) is 12.1 Å². The lowest BCUT2D eigenvalue weighted by molar-refractivity contribution is -0.843. The molecule has 1 aromatic rings. The minimum atomic E-state index is -1.30. The summed E-state index contributed by atoms with van der Waals surface area (Å²) in [6.45, 7) is -1.70. The highest BCUT2D eigenvalue weighted by Gasteiger charge is 2.46. The Kier molecular flexibility index (Phi) is 7.61. The first-order valence-electron chi connectivity index (χ1n) is 9.35. The Morgan fingerprint density at radius 3 is 2.17 bits per heavy atom. The van der Waals surface area contributed by atoms with Crippen molar-refractivity contribution in [3.63, 3.8) is 0 Å². The van der Waals surface area contributed by atoms with Gasteiger partial charge in [-0.3, -0.25) is 9.59 Å². The largest absolute Gasteiger partial charge is 0.477 e. The van der Waals surface area contributed by atoms with Crippen LogP contribution in [0.2, 0.25) is 0 Å². The van der Waals surface area contributed by atoms with Crippen LogP contribution in [0.4, 0.5) is 0 Å². The molecular formula is C19H25N4O7+. The molecule has 1 aromatic carbocycles. The zero-order valence-electron chi connectivity index (χ0n) is 16.4. The van der Waals surface area contributed by atoms with Gasteiger partial charge in [0.2, 0.25) is 5.91 Å². The minimum absolute atomic E-state index is 0.00872. The normalized spacial score (nSPS) is 15.5. The molecule has 3 amide bonds. The standard InChI is InChI=1S/C19H24N4O7/c20-6-5-13-1-3-14(4-2-13)19(30)21-9-15(24)22-7-8-23(11-17(26)27,12-18(28)29)16(25)10-22/h1-4H,5-12,20H2,(H2-,21,26,27,28,29,30)/p+1. The number of aliphatic carboxylic acids is 2. The SMILES string of the molecule is NCCc1ccc(C(=O)NCC(=O)N2CC[N+](CC(=O)O)(CC(=O)O)C(=O)C2)cc1. The lowest BCUT2D eigenvalue weighted by Crippen LogP contribution is -2.67. The summed E-state index contributed by atoms with van der Waals surface area (Å²) in [5, 5.41) is 20.6. The van der Waals surface area contributed by atoms with Crippen LogP contribution < -0.4 is 11.1 Å². The lowest BCUT2D eigenvalue weighted by Gasteiger charge is -2.40. The van der Waals surface area contributed by atoms with Crippen LogP contribution in [0.1, 0.15) is 15.9 Å². The molecule has 0 unspecified atom stereocenters. The van der Waals surface area contributed by atoms with Gasteiger partial charge in [0.25, 0.3) is 5.91 Å². The van der Waals surface area contributed by atoms with Crippen molar-refractivity contribution in [2.45, 2.75) is 6.42 Å². The van der Waals surface area contributed by atoms with Gasteiger partial charge in [0.15, 0.2) is 13.1 Å². The molecule has 0 aromatic heterocycles. The molecule has 2 rings (SSSR count). The van der Waals surface area contributed by atoms with Crippen molar-refractivity contribution in [1.82, 2.24) is 10.2 Å². The highest BCUT2D eigenvalue weighted by atomic mass is 16.4. The molecule has 0 saturated carbocycles. The Morgan fingerprint density at radius 1 is 1.07 bits per heavy atom. The summed E-state index contributed by atoms with van der Waals surface area (Å²) in [6.07, 6.45) is 0.688. The number of benzene rings is 1. The van der Waals surface area contributed by atoms with Crippen LogP contribution in [0, 0.1) is 0 Å². The van der Waals surface area contributed by atoms with Gasteiger partial charge in [-0.2, -0.15) is 0 Å². The van der Waals surface area contributed by atoms with E-state index in [1.165, 1.54) is 4.90 Å². The fraction of sp³-hybridized carbons (Fsp3) is 0.421. The van der Waals surface area contributed by atoms with Crippen molar-refractivity contribution in [1.29, 1.82) is 0 Å². The third kappa shape index (κ3) is 5.84. The highest BCUT2D eigenvalue weighted by Crippen LogP contribution is 2.15. The molecule has 5 N–H and O–H groups in total. The number of carboxylic acids is 2. The molecule has 0 spiro atoms. The Bertz CT molecular complexity index is 822. The lowest BCUT2D eigenvalue weighted by atomic mass is 10.1. The van der Waals surface area contributed by atoms with Gasteiger partial charge in [-0.15, -0.1) is 0 Å². The van der Waals surface area contributed by atoms with Crippen molar-refractivity contribution >= 4 is 29.7 Å². The monoisotopic (exact) mass is 421 g/mol. The molecule has 0 bridgehead atoms. The molecule has 1 aliphatic heterocycles. The zero-order chi connectivity index (χ0) is 22.3. The molecule has 1 heterocycles. The van der Waals surface area contributed by atoms with Crippen molar-refractivity contribution < 1.29 is 38.7 Å². The summed E-state index contributed by atoms with van der Waals surface area (Å²) in [5.41, 5.74) is 6.84. The summed E-state index contributed by atoms with van der Waals surface area (Å²) in [4.78, 5) is 60.5. The fourth-order valence-electron chi connectivity index (χ4n) is 3.31. The number of carbonyl (C=O) groups is 5. The van der Waals surface area contributed by atoms with Crippen molar-refractivity contribution in [3.05, 3.63) is 35.4 Å². The quantitative estimate of drug-likeness (QED) is 0.341. The second-order valence-corrected chi connectivity index (χ2v) is 7.10. The van der Waals surface area contributed by atoms with E-state index in [2.05, 4.69) is 5.32 Å². The number of amides is 3. The zero-order valence-corrected chi connectivity index (χ0v) is 16.4. The van der Waals surface area contributed by atoms with Crippen molar-refractivity contribution in [3.8, 4) is 0 Å². The third-order valence-electron chi connectivity index (χ3n) is 4.93. The molecule has 0 atom stereocenters. The number of hydrogen-bond donors (Lipinski definition) is 4. The van der Waals surface area contributed by atoms with E-state index in [1.807, 2.05) is 0 Å². The summed E-state index contributed by atoms with van der Waals surface area (Å²) in [5.74, 6) is -4.22. The number of nitrogens with two attached hydrogens (primary N) is 1. The fourth-order valence-corrected chi connectivity index (χ4v) is 3.31. The first-order chi connectivity index (χ1) is 14.2. The Labute approximate surface area is 172 Å². The maximum absolute atomic E-state index is 12.5. The molecule has 11 nitrogen and oxygen atoms in total. The van der Waals surface area contributed by atoms with E-state index in [0.717, 1.165) is 5.56 Å². The Balaban J connectivity index is 1.93. The van der Waals surface area contributed by atoms with Crippen LogP contribution >= 0.6 is 0 Å². The molecule has 1 aliphatic rings. The maximum Gasteiger partial charge on any atom is 0.359 e. The Hall–Kier alpha value is -3.31. The van der Waals surface area contributed by atoms with Gasteiger partial charge in [0.1, 0.15) is 13.1 Å². The van der Waals surface area contributed by atoms with Gasteiger partial charge in [-0.05, 0) is 30.7 Å². The number of rotatable bonds is 9. The molecule has 1 fully saturated rings. The summed E-state index contributed by atoms with van der Waals surface area (Å²) < 4.78 is -0.754. The summed E-state index contributed by atoms with van der Waals surface area (Å²) >= 11 is 0. The predicted molar refractivity (Wildman–Crippen MR) is 103 cm³/mol. The molecule has 11 heteroatoms. The number of quaternary nitrogens is 1. The van der Waals surface area contributed by atoms with Gasteiger partial charge < -0.3 is 26.2 Å². The van der Waals surface area contributed by atoms with Crippen molar-refractivity contribution in [2.24, 2.45) is 5.73 Å². The maximum atomic E-state index is 12.5. The van der Waals surface area contributed by atoms with E-state index in [4.69, 9.17) is 15.9 Å². The van der Waals surface area contributed by atoms with E-state index < -0.39 is 53.8 Å². The number of carbonyl (C=O) groups excluding carboxylic acids is 3. The number of piperazine rings is 1. The second-order valence-electron chi connectivity index (χ2n) is 7.10. The third-order valence-corrected chi connectivity index (χ3v) is 4.93. The van der Waals surface area contributed by atoms with E-state index in [0.29, 0.717) is 18.5 Å². The van der Waals surface area contributed by atoms with Gasteiger partial charge in [0.05, 0.1) is 13.1 Å². The van der Waals surface area contributed by atoms with Crippen LogP contribution in [-0.4, -0.2) is 95.1 Å². The van der Waals surface area contributed by atoms with E-state index in [-0.39, 0.29) is 19.6 Å². The first kappa shape index (κ1) is 23.0. The number of nitrogens with one attached hydrogen (secondary N) is 1. The average Bonchev–Trinajstić information content (AvgIpc) is 2.68. The molecular weight excluding hydrogens is 396 g/mol. The summed E-state index contributed by atoms with van der Waals surface area (Å²) in [7, 11) is 0. The summed E-state index contributed by atoms with van der Waals surface area (Å²) in [6, 6.07) is 6.79. The average molecular weight is 421 g/mol. The Morgan fingerprint density at radius 2 is 1.67 bits per heavy atom. The smallest absolute Gasteiger partial charge is 0.359 e. The molecule has 0 radical (unpaired) electrons. The van der Waals surface area contributed by atoms with Crippen LogP contribution in [0.3, 0.4) is 0 Å². The van der Waals surface area contributed by atoms with Gasteiger partial charge in [-0.25, -0.2) is 18.9 Å². The van der Waals surface area contributed by atoms with Crippen LogP contribution in [-0.2, 0) is 25.6 Å². The highest BCUT2D eigenvalue weighted by molar-refractivity contribution is 5.97. The van der Waals surface area contributed by atoms with E-state index >= 15 is 0 Å². The van der Waals surface area contributed by atoms with Gasteiger partial charge in [0, 0.05) is 5.56 Å². The van der Waals surface area contributed by atoms with Crippen LogP contribution in [0.15, 0.2) is 24.3 Å². The topological polar surface area (TPSA) is 167 Å².